The molecule has 3 rings (SSSR count). The van der Waals surface area contributed by atoms with Crippen LogP contribution in [0.2, 0.25) is 0 Å². The molecule has 3 aromatic rings. The van der Waals surface area contributed by atoms with E-state index < -0.39 is 0 Å². The van der Waals surface area contributed by atoms with Crippen LogP contribution >= 0.6 is 23.5 Å². The van der Waals surface area contributed by atoms with Gasteiger partial charge in [0, 0.05) is 23.6 Å². The molecule has 0 amide bonds. The van der Waals surface area contributed by atoms with Gasteiger partial charge in [0.1, 0.15) is 0 Å². The number of rotatable bonds is 2. The first-order chi connectivity index (χ1) is 10.5. The Balaban J connectivity index is 2.11. The van der Waals surface area contributed by atoms with Crippen LogP contribution in [0.15, 0.2) is 58.3 Å². The Hall–Kier alpha value is -1.78. The van der Waals surface area contributed by atoms with Crippen molar-refractivity contribution in [1.29, 1.82) is 0 Å². The van der Waals surface area contributed by atoms with E-state index >= 15 is 0 Å². The van der Waals surface area contributed by atoms with E-state index in [-0.39, 0.29) is 10.2 Å². The number of carbonyl (C=O) groups is 2. The molecule has 4 heteroatoms. The monoisotopic (exact) mass is 326 g/mol. The molecule has 22 heavy (non-hydrogen) atoms. The van der Waals surface area contributed by atoms with Gasteiger partial charge in [0.15, 0.2) is 10.2 Å². The average molecular weight is 326 g/mol. The normalized spacial score (nSPS) is 11.0. The predicted molar refractivity (Wildman–Crippen MR) is 94.5 cm³/mol. The molecule has 0 heterocycles. The second-order valence-electron chi connectivity index (χ2n) is 5.02. The van der Waals surface area contributed by atoms with Crippen LogP contribution in [0.25, 0.3) is 21.5 Å². The lowest BCUT2D eigenvalue weighted by atomic mass is 10.0. The first kappa shape index (κ1) is 15.1. The number of fused-ring (bicyclic) bond motifs is 3. The number of hydrogen-bond acceptors (Lipinski definition) is 4. The van der Waals surface area contributed by atoms with Crippen molar-refractivity contribution in [2.24, 2.45) is 0 Å². The van der Waals surface area contributed by atoms with Gasteiger partial charge in [-0.05, 0) is 45.8 Å². The Labute approximate surface area is 137 Å². The first-order valence-electron chi connectivity index (χ1n) is 6.86. The SMILES string of the molecule is CC(=O)Sc1ccc2c(ccc3cc(SC(C)=O)ccc32)c1. The van der Waals surface area contributed by atoms with Crippen molar-refractivity contribution in [3.8, 4) is 0 Å². The van der Waals surface area contributed by atoms with Gasteiger partial charge in [-0.2, -0.15) is 0 Å². The fourth-order valence-corrected chi connectivity index (χ4v) is 3.79. The molecule has 0 fully saturated rings. The summed E-state index contributed by atoms with van der Waals surface area (Å²) in [6, 6.07) is 16.3. The van der Waals surface area contributed by atoms with Crippen LogP contribution in [-0.2, 0) is 9.59 Å². The summed E-state index contributed by atoms with van der Waals surface area (Å²) in [5, 5.41) is 4.73. The lowest BCUT2D eigenvalue weighted by Crippen LogP contribution is -1.84. The predicted octanol–water partition coefficient (Wildman–Crippen LogP) is 5.27. The van der Waals surface area contributed by atoms with Crippen molar-refractivity contribution in [1.82, 2.24) is 0 Å². The summed E-state index contributed by atoms with van der Waals surface area (Å²) < 4.78 is 0. The second-order valence-corrected chi connectivity index (χ2v) is 7.52. The average Bonchev–Trinajstić information content (AvgIpc) is 2.45. The van der Waals surface area contributed by atoms with Crippen molar-refractivity contribution in [2.75, 3.05) is 0 Å². The zero-order valence-corrected chi connectivity index (χ0v) is 13.9. The smallest absolute Gasteiger partial charge is 0.190 e. The van der Waals surface area contributed by atoms with Crippen LogP contribution in [0.5, 0.6) is 0 Å². The molecule has 0 aliphatic rings. The van der Waals surface area contributed by atoms with Crippen molar-refractivity contribution in [3.63, 3.8) is 0 Å². The molecule has 0 aromatic heterocycles. The number of benzene rings is 3. The molecule has 110 valence electrons. The third kappa shape index (κ3) is 3.18. The van der Waals surface area contributed by atoms with E-state index in [9.17, 15) is 9.59 Å². The summed E-state index contributed by atoms with van der Waals surface area (Å²) >= 11 is 2.50. The highest BCUT2D eigenvalue weighted by molar-refractivity contribution is 8.13. The highest BCUT2D eigenvalue weighted by atomic mass is 32.2. The minimum absolute atomic E-state index is 0.0889. The first-order valence-corrected chi connectivity index (χ1v) is 8.49. The van der Waals surface area contributed by atoms with Gasteiger partial charge in [0.2, 0.25) is 0 Å². The fraction of sp³-hybridized carbons (Fsp3) is 0.111. The topological polar surface area (TPSA) is 34.1 Å². The largest absolute Gasteiger partial charge is 0.287 e. The van der Waals surface area contributed by atoms with Gasteiger partial charge >= 0.3 is 0 Å². The lowest BCUT2D eigenvalue weighted by molar-refractivity contribution is -0.109. The molecule has 0 N–H and O–H groups in total. The Morgan fingerprint density at radius 1 is 0.682 bits per heavy atom. The van der Waals surface area contributed by atoms with Crippen LogP contribution in [0.3, 0.4) is 0 Å². The van der Waals surface area contributed by atoms with Crippen LogP contribution in [-0.4, -0.2) is 10.2 Å². The van der Waals surface area contributed by atoms with E-state index in [4.69, 9.17) is 0 Å². The molecule has 0 aliphatic heterocycles. The van der Waals surface area contributed by atoms with E-state index in [1.807, 2.05) is 24.3 Å². The molecule has 0 spiro atoms. The summed E-state index contributed by atoms with van der Waals surface area (Å²) in [5.41, 5.74) is 0. The minimum atomic E-state index is 0.0889. The maximum atomic E-state index is 11.2. The van der Waals surface area contributed by atoms with E-state index in [0.717, 1.165) is 31.3 Å². The molecule has 0 radical (unpaired) electrons. The third-order valence-corrected chi connectivity index (χ3v) is 4.86. The minimum Gasteiger partial charge on any atom is -0.287 e. The van der Waals surface area contributed by atoms with E-state index in [0.29, 0.717) is 0 Å². The van der Waals surface area contributed by atoms with Gasteiger partial charge in [0.25, 0.3) is 0 Å². The van der Waals surface area contributed by atoms with Crippen molar-refractivity contribution in [2.45, 2.75) is 23.6 Å². The summed E-state index contributed by atoms with van der Waals surface area (Å²) in [7, 11) is 0. The maximum absolute atomic E-state index is 11.2. The molecular weight excluding hydrogens is 312 g/mol. The van der Waals surface area contributed by atoms with Crippen molar-refractivity contribution >= 4 is 55.3 Å². The Kier molecular flexibility index (Phi) is 4.23. The Bertz CT molecular complexity index is 825. The van der Waals surface area contributed by atoms with Gasteiger partial charge in [-0.1, -0.05) is 47.8 Å². The molecule has 0 saturated carbocycles. The number of thioether (sulfide) groups is 2. The van der Waals surface area contributed by atoms with Crippen molar-refractivity contribution < 1.29 is 9.59 Å². The second kappa shape index (κ2) is 6.15. The molecule has 0 atom stereocenters. The third-order valence-electron chi connectivity index (χ3n) is 3.30. The quantitative estimate of drug-likeness (QED) is 0.474. The Morgan fingerprint density at radius 3 is 1.45 bits per heavy atom. The van der Waals surface area contributed by atoms with Crippen LogP contribution in [0.1, 0.15) is 13.8 Å². The summed E-state index contributed by atoms with van der Waals surface area (Å²) in [6.07, 6.45) is 0. The zero-order valence-electron chi connectivity index (χ0n) is 12.3. The van der Waals surface area contributed by atoms with Crippen molar-refractivity contribution in [3.05, 3.63) is 48.5 Å². The van der Waals surface area contributed by atoms with Gasteiger partial charge in [-0.3, -0.25) is 9.59 Å². The van der Waals surface area contributed by atoms with Gasteiger partial charge in [-0.15, -0.1) is 0 Å². The van der Waals surface area contributed by atoms with E-state index in [1.165, 1.54) is 23.5 Å². The lowest BCUT2D eigenvalue weighted by Gasteiger charge is -2.07. The zero-order chi connectivity index (χ0) is 15.7. The van der Waals surface area contributed by atoms with E-state index in [1.54, 1.807) is 13.8 Å². The van der Waals surface area contributed by atoms with Gasteiger partial charge in [0.05, 0.1) is 0 Å². The fourth-order valence-electron chi connectivity index (χ4n) is 2.49. The van der Waals surface area contributed by atoms with E-state index in [2.05, 4.69) is 24.3 Å². The van der Waals surface area contributed by atoms with Crippen LogP contribution in [0, 0.1) is 0 Å². The van der Waals surface area contributed by atoms with Gasteiger partial charge in [-0.25, -0.2) is 0 Å². The Morgan fingerprint density at radius 2 is 1.09 bits per heavy atom. The molecule has 0 aliphatic carbocycles. The molecule has 0 saturated heterocycles. The summed E-state index contributed by atoms with van der Waals surface area (Å²) in [6.45, 7) is 3.15. The summed E-state index contributed by atoms with van der Waals surface area (Å²) in [4.78, 5) is 24.4. The summed E-state index contributed by atoms with van der Waals surface area (Å²) in [5.74, 6) is 0. The standard InChI is InChI=1S/C18H14O2S2/c1-11(19)21-15-5-7-17-13(9-15)3-4-14-10-16(22-12(2)20)6-8-18(14)17/h3-10H,1-2H3. The maximum Gasteiger partial charge on any atom is 0.190 e. The molecule has 3 aromatic carbocycles. The number of hydrogen-bond donors (Lipinski definition) is 0. The number of carbonyl (C=O) groups excluding carboxylic acids is 2. The molecule has 0 bridgehead atoms. The highest BCUT2D eigenvalue weighted by Gasteiger charge is 2.06. The molecule has 2 nitrogen and oxygen atoms in total. The highest BCUT2D eigenvalue weighted by Crippen LogP contribution is 2.32. The molecular formula is C18H14O2S2. The van der Waals surface area contributed by atoms with Crippen LogP contribution in [0.4, 0.5) is 0 Å². The van der Waals surface area contributed by atoms with Crippen LogP contribution < -0.4 is 0 Å². The van der Waals surface area contributed by atoms with Gasteiger partial charge < -0.3 is 0 Å². The molecule has 0 unspecified atom stereocenters.